The third-order valence-electron chi connectivity index (χ3n) is 3.93. The number of hydrogen-bond donors (Lipinski definition) is 2. The summed E-state index contributed by atoms with van der Waals surface area (Å²) < 4.78 is 0. The standard InChI is InChI=1S/C18H36N2O2/c1-2-3-13-16-20-18(22)15-12-10-8-6-4-5-7-9-11-14-17(19)21/h2-16H2,1H3,(H2,19,21)(H,20,22). The molecule has 4 nitrogen and oxygen atoms in total. The van der Waals surface area contributed by atoms with Crippen molar-refractivity contribution in [1.82, 2.24) is 5.32 Å². The summed E-state index contributed by atoms with van der Waals surface area (Å²) in [7, 11) is 0. The summed E-state index contributed by atoms with van der Waals surface area (Å²) in [4.78, 5) is 22.1. The van der Waals surface area contributed by atoms with Gasteiger partial charge in [0, 0.05) is 19.4 Å². The minimum absolute atomic E-state index is 0.186. The molecule has 0 unspecified atom stereocenters. The van der Waals surface area contributed by atoms with E-state index in [1.165, 1.54) is 44.9 Å². The van der Waals surface area contributed by atoms with Crippen LogP contribution in [0, 0.1) is 0 Å². The topological polar surface area (TPSA) is 72.2 Å². The van der Waals surface area contributed by atoms with Crippen LogP contribution in [-0.4, -0.2) is 18.4 Å². The predicted octanol–water partition coefficient (Wildman–Crippen LogP) is 4.07. The number of amides is 2. The number of nitrogens with one attached hydrogen (secondary N) is 1. The number of rotatable bonds is 16. The first-order valence-corrected chi connectivity index (χ1v) is 9.21. The smallest absolute Gasteiger partial charge is 0.219 e. The number of primary amides is 1. The van der Waals surface area contributed by atoms with Gasteiger partial charge in [-0.2, -0.15) is 0 Å². The van der Waals surface area contributed by atoms with Gasteiger partial charge in [0.2, 0.25) is 11.8 Å². The van der Waals surface area contributed by atoms with E-state index in [0.717, 1.165) is 38.6 Å². The molecule has 3 N–H and O–H groups in total. The molecule has 0 aliphatic heterocycles. The highest BCUT2D eigenvalue weighted by atomic mass is 16.1. The van der Waals surface area contributed by atoms with Gasteiger partial charge in [0.25, 0.3) is 0 Å². The molecule has 0 aromatic carbocycles. The normalized spacial score (nSPS) is 10.6. The van der Waals surface area contributed by atoms with Gasteiger partial charge in [0.05, 0.1) is 0 Å². The zero-order valence-electron chi connectivity index (χ0n) is 14.5. The van der Waals surface area contributed by atoms with E-state index in [9.17, 15) is 9.59 Å². The zero-order valence-corrected chi connectivity index (χ0v) is 14.5. The molecule has 0 heterocycles. The van der Waals surface area contributed by atoms with Gasteiger partial charge in [-0.3, -0.25) is 9.59 Å². The first-order chi connectivity index (χ1) is 10.7. The van der Waals surface area contributed by atoms with Crippen molar-refractivity contribution in [2.45, 2.75) is 96.8 Å². The van der Waals surface area contributed by atoms with Crippen LogP contribution in [0.15, 0.2) is 0 Å². The Morgan fingerprint density at radius 2 is 1.23 bits per heavy atom. The lowest BCUT2D eigenvalue weighted by Gasteiger charge is -2.05. The minimum Gasteiger partial charge on any atom is -0.370 e. The van der Waals surface area contributed by atoms with Crippen LogP contribution in [0.1, 0.15) is 96.8 Å². The Morgan fingerprint density at radius 1 is 0.727 bits per heavy atom. The zero-order chi connectivity index (χ0) is 16.5. The first kappa shape index (κ1) is 20.9. The third-order valence-corrected chi connectivity index (χ3v) is 3.93. The van der Waals surface area contributed by atoms with E-state index in [-0.39, 0.29) is 11.8 Å². The van der Waals surface area contributed by atoms with E-state index in [2.05, 4.69) is 12.2 Å². The number of hydrogen-bond acceptors (Lipinski definition) is 2. The molecule has 0 fully saturated rings. The molecule has 4 heteroatoms. The van der Waals surface area contributed by atoms with Crippen LogP contribution in [0.5, 0.6) is 0 Å². The summed E-state index contributed by atoms with van der Waals surface area (Å²) in [5.41, 5.74) is 5.10. The molecule has 0 aromatic rings. The summed E-state index contributed by atoms with van der Waals surface area (Å²) in [5.74, 6) is 0.0277. The number of carbonyl (C=O) groups excluding carboxylic acids is 2. The van der Waals surface area contributed by atoms with E-state index in [1.54, 1.807) is 0 Å². The van der Waals surface area contributed by atoms with Crippen molar-refractivity contribution in [2.75, 3.05) is 6.54 Å². The summed E-state index contributed by atoms with van der Waals surface area (Å²) in [6.07, 6.45) is 15.1. The Bertz CT molecular complexity index is 280. The molecule has 22 heavy (non-hydrogen) atoms. The molecule has 0 rings (SSSR count). The summed E-state index contributed by atoms with van der Waals surface area (Å²) in [5, 5.41) is 2.98. The van der Waals surface area contributed by atoms with Gasteiger partial charge in [0.1, 0.15) is 0 Å². The van der Waals surface area contributed by atoms with Gasteiger partial charge in [-0.1, -0.05) is 64.7 Å². The van der Waals surface area contributed by atoms with Crippen molar-refractivity contribution in [2.24, 2.45) is 5.73 Å². The van der Waals surface area contributed by atoms with Crippen molar-refractivity contribution in [1.29, 1.82) is 0 Å². The highest BCUT2D eigenvalue weighted by Crippen LogP contribution is 2.11. The van der Waals surface area contributed by atoms with Crippen LogP contribution in [-0.2, 0) is 9.59 Å². The molecule has 0 saturated heterocycles. The lowest BCUT2D eigenvalue weighted by molar-refractivity contribution is -0.121. The quantitative estimate of drug-likeness (QED) is 0.422. The number of carbonyl (C=O) groups is 2. The number of nitrogens with two attached hydrogens (primary N) is 1. The molecule has 0 atom stereocenters. The van der Waals surface area contributed by atoms with Crippen molar-refractivity contribution in [3.63, 3.8) is 0 Å². The molecular weight excluding hydrogens is 276 g/mol. The minimum atomic E-state index is -0.186. The van der Waals surface area contributed by atoms with Gasteiger partial charge in [-0.25, -0.2) is 0 Å². The Kier molecular flexibility index (Phi) is 15.5. The molecule has 0 bridgehead atoms. The first-order valence-electron chi connectivity index (χ1n) is 9.21. The third kappa shape index (κ3) is 17.0. The van der Waals surface area contributed by atoms with Gasteiger partial charge < -0.3 is 11.1 Å². The SMILES string of the molecule is CCCCCNC(=O)CCCCCCCCCCCC(N)=O. The second-order valence-corrected chi connectivity index (χ2v) is 6.21. The predicted molar refractivity (Wildman–Crippen MR) is 92.5 cm³/mol. The molecule has 0 radical (unpaired) electrons. The van der Waals surface area contributed by atoms with Crippen LogP contribution < -0.4 is 11.1 Å². The molecule has 0 aromatic heterocycles. The van der Waals surface area contributed by atoms with Crippen LogP contribution in [0.2, 0.25) is 0 Å². The summed E-state index contributed by atoms with van der Waals surface area (Å²) >= 11 is 0. The average molecular weight is 312 g/mol. The van der Waals surface area contributed by atoms with E-state index < -0.39 is 0 Å². The fraction of sp³-hybridized carbons (Fsp3) is 0.889. The highest BCUT2D eigenvalue weighted by Gasteiger charge is 2.00. The Hall–Kier alpha value is -1.06. The maximum atomic E-state index is 11.5. The van der Waals surface area contributed by atoms with Gasteiger partial charge in [-0.05, 0) is 19.3 Å². The van der Waals surface area contributed by atoms with Crippen LogP contribution >= 0.6 is 0 Å². The van der Waals surface area contributed by atoms with Gasteiger partial charge >= 0.3 is 0 Å². The van der Waals surface area contributed by atoms with Crippen molar-refractivity contribution in [3.8, 4) is 0 Å². The van der Waals surface area contributed by atoms with Crippen molar-refractivity contribution in [3.05, 3.63) is 0 Å². The van der Waals surface area contributed by atoms with Crippen LogP contribution in [0.4, 0.5) is 0 Å². The largest absolute Gasteiger partial charge is 0.370 e. The Morgan fingerprint density at radius 3 is 1.73 bits per heavy atom. The molecule has 2 amide bonds. The lowest BCUT2D eigenvalue weighted by atomic mass is 10.1. The van der Waals surface area contributed by atoms with E-state index in [4.69, 9.17) is 5.73 Å². The highest BCUT2D eigenvalue weighted by molar-refractivity contribution is 5.75. The molecular formula is C18H36N2O2. The second kappa shape index (κ2) is 16.3. The fourth-order valence-electron chi connectivity index (χ4n) is 2.51. The van der Waals surface area contributed by atoms with E-state index in [1.807, 2.05) is 0 Å². The number of unbranched alkanes of at least 4 members (excludes halogenated alkanes) is 10. The van der Waals surface area contributed by atoms with E-state index in [0.29, 0.717) is 12.8 Å². The van der Waals surface area contributed by atoms with Crippen LogP contribution in [0.25, 0.3) is 0 Å². The Balaban J connectivity index is 3.13. The summed E-state index contributed by atoms with van der Waals surface area (Å²) in [6, 6.07) is 0. The van der Waals surface area contributed by atoms with Crippen molar-refractivity contribution < 1.29 is 9.59 Å². The molecule has 0 aliphatic rings. The average Bonchev–Trinajstić information content (AvgIpc) is 2.49. The maximum Gasteiger partial charge on any atom is 0.219 e. The fourth-order valence-corrected chi connectivity index (χ4v) is 2.51. The van der Waals surface area contributed by atoms with Gasteiger partial charge in [0.15, 0.2) is 0 Å². The lowest BCUT2D eigenvalue weighted by Crippen LogP contribution is -2.23. The molecule has 0 spiro atoms. The monoisotopic (exact) mass is 312 g/mol. The molecule has 0 aliphatic carbocycles. The van der Waals surface area contributed by atoms with Crippen LogP contribution in [0.3, 0.4) is 0 Å². The van der Waals surface area contributed by atoms with E-state index >= 15 is 0 Å². The summed E-state index contributed by atoms with van der Waals surface area (Å²) in [6.45, 7) is 3.01. The Labute approximate surface area is 136 Å². The molecule has 130 valence electrons. The maximum absolute atomic E-state index is 11.5. The van der Waals surface area contributed by atoms with Crippen molar-refractivity contribution >= 4 is 11.8 Å². The molecule has 0 saturated carbocycles. The van der Waals surface area contributed by atoms with Gasteiger partial charge in [-0.15, -0.1) is 0 Å². The second-order valence-electron chi connectivity index (χ2n) is 6.21.